The van der Waals surface area contributed by atoms with Crippen LogP contribution in [0.15, 0.2) is 98.1 Å². The highest BCUT2D eigenvalue weighted by molar-refractivity contribution is 5.68. The Morgan fingerprint density at radius 2 is 0.620 bits per heavy atom. The molecule has 12 nitrogen and oxygen atoms in total. The van der Waals surface area contributed by atoms with Gasteiger partial charge in [0.25, 0.3) is 0 Å². The maximum absolute atomic E-state index is 7.40. The molecule has 1 aliphatic carbocycles. The van der Waals surface area contributed by atoms with Crippen LogP contribution in [0.3, 0.4) is 0 Å². The minimum atomic E-state index is -0.149. The van der Waals surface area contributed by atoms with Crippen molar-refractivity contribution in [3.63, 3.8) is 0 Å². The Bertz CT molecular complexity index is 3670. The van der Waals surface area contributed by atoms with Crippen molar-refractivity contribution in [2.45, 2.75) is 209 Å². The first kappa shape index (κ1) is 66.6. The second kappa shape index (κ2) is 29.2. The Morgan fingerprint density at radius 3 is 0.935 bits per heavy atom. The van der Waals surface area contributed by atoms with E-state index < -0.39 is 0 Å². The number of rotatable bonds is 22. The largest absolute Gasteiger partial charge is 1.00 e. The second-order valence-electron chi connectivity index (χ2n) is 26.5. The minimum absolute atomic E-state index is 0. The van der Waals surface area contributed by atoms with Crippen LogP contribution in [-0.2, 0) is 13.1 Å². The summed E-state index contributed by atoms with van der Waals surface area (Å²) >= 11 is 0. The highest BCUT2D eigenvalue weighted by Crippen LogP contribution is 2.57. The summed E-state index contributed by atoms with van der Waals surface area (Å²) < 4.78 is 66.0. The fourth-order valence-electron chi connectivity index (χ4n) is 16.0. The van der Waals surface area contributed by atoms with Gasteiger partial charge in [0.15, 0.2) is 0 Å². The summed E-state index contributed by atoms with van der Waals surface area (Å²) in [6.07, 6.45) is 29.7. The van der Waals surface area contributed by atoms with Crippen molar-refractivity contribution in [1.29, 1.82) is 0 Å². The lowest BCUT2D eigenvalue weighted by Crippen LogP contribution is -3.00. The third-order valence-electron chi connectivity index (χ3n) is 20.0. The predicted octanol–water partition coefficient (Wildman–Crippen LogP) is 11.9. The molecule has 2 atom stereocenters. The molecular formula is C78H94Br2N4O8. The van der Waals surface area contributed by atoms with Gasteiger partial charge >= 0.3 is 0 Å². The first-order chi connectivity index (χ1) is 43.9. The topological polar surface area (TPSA) is 91.5 Å². The number of benzene rings is 6. The van der Waals surface area contributed by atoms with Crippen LogP contribution in [0.25, 0.3) is 11.4 Å². The molecule has 6 aromatic carbocycles. The third kappa shape index (κ3) is 13.1. The molecule has 0 fully saturated rings. The lowest BCUT2D eigenvalue weighted by molar-refractivity contribution is -0.687. The van der Waals surface area contributed by atoms with Crippen molar-refractivity contribution >= 4 is 0 Å². The van der Waals surface area contributed by atoms with E-state index in [0.29, 0.717) is 13.1 Å². The van der Waals surface area contributed by atoms with Gasteiger partial charge in [0.2, 0.25) is 39.8 Å². The standard InChI is InChI=1S/C78H94N4O8.2BrH/c1-11-15-19-23-55-59-35-61-56(24-20-16-12-2)63-37-65-58(26-22-18-14-4)66-38-64-57(25-21-17-13-3)62-36-60(55)70-40-72(62)86-47-88-76(64)68(42-80-28-30-82(44-80)74-53(9)33-50(6)34-54(74)10)78(66)90-48-89-77(65)67(75(63)87-46-85-71(61)39-69(59)83-45-84-70)41-79-27-29-81(43-79)73-51(7)31-49(5)32-52(73)8;;/h27-40,43-44,55-58H,11-26,41-42,45-48H2,1-10H3;2*1H/q+2;;/p-2. The van der Waals surface area contributed by atoms with E-state index in [1.165, 1.54) is 78.1 Å². The number of halogens is 2. The predicted molar refractivity (Wildman–Crippen MR) is 353 cm³/mol. The number of aromatic nitrogens is 4. The monoisotopic (exact) mass is 1370 g/mol. The summed E-state index contributed by atoms with van der Waals surface area (Å²) in [5.41, 5.74) is 21.1. The minimum Gasteiger partial charge on any atom is -1.00 e. The Labute approximate surface area is 567 Å². The molecule has 0 amide bonds. The van der Waals surface area contributed by atoms with Gasteiger partial charge in [0.05, 0.1) is 11.1 Å². The van der Waals surface area contributed by atoms with E-state index in [1.54, 1.807) is 0 Å². The number of hydrogen-bond donors (Lipinski definition) is 0. The van der Waals surface area contributed by atoms with Gasteiger partial charge in [-0.1, -0.05) is 140 Å². The first-order valence-corrected chi connectivity index (χ1v) is 34.0. The number of hydrogen-bond acceptors (Lipinski definition) is 8. The van der Waals surface area contributed by atoms with Crippen LogP contribution in [0.1, 0.15) is 243 Å². The van der Waals surface area contributed by atoms with E-state index in [0.717, 1.165) is 171 Å². The highest BCUT2D eigenvalue weighted by Gasteiger charge is 2.41. The molecule has 0 N–H and O–H groups in total. The fraction of sp³-hybridized carbons (Fsp3) is 0.462. The van der Waals surface area contributed by atoms with E-state index in [1.807, 2.05) is 0 Å². The van der Waals surface area contributed by atoms with Crippen molar-refractivity contribution in [2.75, 3.05) is 27.2 Å². The van der Waals surface area contributed by atoms with Crippen LogP contribution < -0.4 is 81.0 Å². The molecule has 488 valence electrons. The quantitative estimate of drug-likeness (QED) is 0.0490. The number of aryl methyl sites for hydroxylation is 6. The molecule has 2 unspecified atom stereocenters. The molecule has 4 aliphatic heterocycles. The third-order valence-corrected chi connectivity index (χ3v) is 20.0. The lowest BCUT2D eigenvalue weighted by Gasteiger charge is -2.36. The molecule has 8 aromatic rings. The van der Waals surface area contributed by atoms with Gasteiger partial charge in [-0.2, -0.15) is 0 Å². The van der Waals surface area contributed by atoms with Crippen molar-refractivity contribution in [1.82, 2.24) is 9.13 Å². The van der Waals surface area contributed by atoms with Crippen molar-refractivity contribution < 1.29 is 81.0 Å². The molecule has 2 aromatic heterocycles. The van der Waals surface area contributed by atoms with E-state index in [-0.39, 0.29) is 84.8 Å². The van der Waals surface area contributed by atoms with Gasteiger partial charge in [-0.3, -0.25) is 0 Å². The molecule has 13 rings (SSSR count). The Hall–Kier alpha value is -6.90. The summed E-state index contributed by atoms with van der Waals surface area (Å²) in [6, 6.07) is 23.4. The van der Waals surface area contributed by atoms with Crippen LogP contribution in [-0.4, -0.2) is 36.3 Å². The van der Waals surface area contributed by atoms with Crippen molar-refractivity contribution in [3.05, 3.63) is 187 Å². The van der Waals surface area contributed by atoms with Crippen LogP contribution in [0.4, 0.5) is 0 Å². The molecular weight excluding hydrogens is 1280 g/mol. The van der Waals surface area contributed by atoms with Crippen molar-refractivity contribution in [3.8, 4) is 57.4 Å². The number of ether oxygens (including phenoxy) is 8. The molecule has 0 spiro atoms. The molecule has 0 radical (unpaired) electrons. The van der Waals surface area contributed by atoms with E-state index in [2.05, 4.69) is 186 Å². The summed E-state index contributed by atoms with van der Waals surface area (Å²) in [5, 5.41) is 0. The van der Waals surface area contributed by atoms with Crippen LogP contribution in [0, 0.1) is 41.5 Å². The van der Waals surface area contributed by atoms with Gasteiger partial charge in [0, 0.05) is 80.3 Å². The summed E-state index contributed by atoms with van der Waals surface area (Å²) in [5.74, 6) is 6.02. The number of unbranched alkanes of at least 4 members (excludes halogenated alkanes) is 8. The van der Waals surface area contributed by atoms with E-state index >= 15 is 0 Å². The Kier molecular flexibility index (Phi) is 21.1. The van der Waals surface area contributed by atoms with Crippen LogP contribution in [0.5, 0.6) is 46.0 Å². The maximum atomic E-state index is 7.40. The fourth-order valence-corrected chi connectivity index (χ4v) is 16.0. The highest BCUT2D eigenvalue weighted by atomic mass is 79.9. The molecule has 0 saturated heterocycles. The van der Waals surface area contributed by atoms with E-state index in [4.69, 9.17) is 37.9 Å². The van der Waals surface area contributed by atoms with Gasteiger partial charge in [0.1, 0.15) is 95.2 Å². The molecule has 5 aliphatic rings. The smallest absolute Gasteiger partial charge is 0.249 e. The van der Waals surface area contributed by atoms with Gasteiger partial charge in [-0.15, -0.1) is 0 Å². The molecule has 6 heterocycles. The Balaban J connectivity index is 0.00000433. The van der Waals surface area contributed by atoms with Crippen LogP contribution >= 0.6 is 0 Å². The van der Waals surface area contributed by atoms with Crippen molar-refractivity contribution in [2.24, 2.45) is 0 Å². The lowest BCUT2D eigenvalue weighted by atomic mass is 9.75. The van der Waals surface area contributed by atoms with Gasteiger partial charge < -0.3 is 71.9 Å². The van der Waals surface area contributed by atoms with Crippen LogP contribution in [0.2, 0.25) is 0 Å². The van der Waals surface area contributed by atoms with Gasteiger partial charge in [-0.25, -0.2) is 18.3 Å². The summed E-state index contributed by atoms with van der Waals surface area (Å²) in [6.45, 7) is 23.4. The molecule has 92 heavy (non-hydrogen) atoms. The normalized spacial score (nSPS) is 17.1. The SMILES string of the molecule is CCCCCC1c2cc3c4cc2OCOc2cc5c(cc21)C(CCCCC)c1cc2c(c(C[n+]6ccn(-c7c(C)cc(C)cc7C)c6)c1OCO5)OCOc1c(cc(c(c1C[n+]1ccn(-c5c(C)cc(C)cc5C)c1)OCO4)C3CCCCC)C2CCCCC.[Br-].[Br-]. The van der Waals surface area contributed by atoms with Gasteiger partial charge in [-0.05, 0) is 114 Å². The zero-order valence-corrected chi connectivity index (χ0v) is 59.1. The second-order valence-corrected chi connectivity index (χ2v) is 26.5. The number of imidazole rings is 2. The zero-order chi connectivity index (χ0) is 62.2. The summed E-state index contributed by atoms with van der Waals surface area (Å²) in [7, 11) is 0. The van der Waals surface area contributed by atoms with E-state index in [9.17, 15) is 0 Å². The average molecular weight is 1380 g/mol. The molecule has 0 saturated carbocycles. The Morgan fingerprint density at radius 1 is 0.348 bits per heavy atom. The first-order valence-electron chi connectivity index (χ1n) is 34.0. The zero-order valence-electron chi connectivity index (χ0n) is 55.9. The average Bonchev–Trinajstić information content (AvgIpc) is 0.786. The maximum Gasteiger partial charge on any atom is 0.249 e. The molecule has 8 bridgehead atoms. The number of nitrogens with zero attached hydrogens (tertiary/aromatic N) is 4. The summed E-state index contributed by atoms with van der Waals surface area (Å²) in [4.78, 5) is 0. The molecule has 14 heteroatoms.